The molecule has 0 bridgehead atoms. The molecule has 2 heterocycles. The van der Waals surface area contributed by atoms with E-state index in [1.54, 1.807) is 24.3 Å². The van der Waals surface area contributed by atoms with Crippen LogP contribution >= 0.6 is 15.9 Å². The van der Waals surface area contributed by atoms with Gasteiger partial charge in [-0.05, 0) is 83.4 Å². The first-order valence-electron chi connectivity index (χ1n) is 11.0. The van der Waals surface area contributed by atoms with E-state index in [2.05, 4.69) is 45.3 Å². The smallest absolute Gasteiger partial charge is 0.291 e. The van der Waals surface area contributed by atoms with Crippen molar-refractivity contribution < 1.29 is 14.0 Å². The van der Waals surface area contributed by atoms with Gasteiger partial charge in [-0.2, -0.15) is 0 Å². The zero-order chi connectivity index (χ0) is 22.2. The van der Waals surface area contributed by atoms with Crippen LogP contribution in [0.5, 0.6) is 0 Å². The molecule has 2 aromatic rings. The molecule has 2 N–H and O–H groups in total. The highest BCUT2D eigenvalue weighted by Gasteiger charge is 2.21. The lowest BCUT2D eigenvalue weighted by molar-refractivity contribution is -0.120. The number of hydrogen-bond acceptors (Lipinski definition) is 4. The number of hydrogen-bond donors (Lipinski definition) is 2. The van der Waals surface area contributed by atoms with Crippen molar-refractivity contribution in [1.29, 1.82) is 0 Å². The van der Waals surface area contributed by atoms with E-state index in [-0.39, 0.29) is 17.6 Å². The third-order valence-electron chi connectivity index (χ3n) is 5.54. The summed E-state index contributed by atoms with van der Waals surface area (Å²) < 4.78 is 5.75. The Morgan fingerprint density at radius 3 is 2.42 bits per heavy atom. The van der Waals surface area contributed by atoms with Gasteiger partial charge in [-0.3, -0.25) is 9.59 Å². The monoisotopic (exact) mass is 489 g/mol. The Kier molecular flexibility index (Phi) is 8.72. The van der Waals surface area contributed by atoms with Crippen LogP contribution in [0.15, 0.2) is 45.5 Å². The molecular weight excluding hydrogens is 458 g/mol. The van der Waals surface area contributed by atoms with Crippen LogP contribution in [0.3, 0.4) is 0 Å². The molecule has 0 radical (unpaired) electrons. The van der Waals surface area contributed by atoms with E-state index >= 15 is 0 Å². The number of piperidine rings is 1. The number of furan rings is 1. The van der Waals surface area contributed by atoms with Crippen LogP contribution in [0.4, 0.5) is 5.69 Å². The molecule has 0 spiro atoms. The molecule has 1 aromatic carbocycles. The quantitative estimate of drug-likeness (QED) is 0.500. The van der Waals surface area contributed by atoms with Crippen LogP contribution in [-0.2, 0) is 11.2 Å². The minimum Gasteiger partial charge on any atom is -0.444 e. The van der Waals surface area contributed by atoms with E-state index < -0.39 is 0 Å². The van der Waals surface area contributed by atoms with Gasteiger partial charge >= 0.3 is 0 Å². The van der Waals surface area contributed by atoms with Gasteiger partial charge in [-0.15, -0.1) is 0 Å². The number of rotatable bonds is 9. The number of nitrogens with zero attached hydrogens (tertiary/aromatic N) is 1. The maximum absolute atomic E-state index is 12.2. The Morgan fingerprint density at radius 1 is 1.06 bits per heavy atom. The average molecular weight is 490 g/mol. The Morgan fingerprint density at radius 2 is 1.77 bits per heavy atom. The second kappa shape index (κ2) is 11.5. The fourth-order valence-electron chi connectivity index (χ4n) is 4.25. The van der Waals surface area contributed by atoms with Crippen LogP contribution in [0, 0.1) is 11.8 Å². The lowest BCUT2D eigenvalue weighted by atomic mass is 9.92. The molecule has 2 atom stereocenters. The molecular formula is C24H32BrN3O3. The zero-order valence-electron chi connectivity index (χ0n) is 18.3. The molecule has 7 heteroatoms. The van der Waals surface area contributed by atoms with Gasteiger partial charge < -0.3 is 20.0 Å². The van der Waals surface area contributed by atoms with E-state index in [1.165, 1.54) is 19.5 Å². The minimum absolute atomic E-state index is 0.0254. The number of unbranched alkanes of at least 4 members (excludes halogenated alkanes) is 1. The number of carbonyl (C=O) groups excluding carboxylic acids is 2. The Hall–Kier alpha value is -2.12. The second-order valence-electron chi connectivity index (χ2n) is 8.69. The first-order valence-corrected chi connectivity index (χ1v) is 11.8. The Labute approximate surface area is 192 Å². The number of halogens is 1. The molecule has 1 fully saturated rings. The number of amides is 2. The molecule has 168 valence electrons. The van der Waals surface area contributed by atoms with Gasteiger partial charge in [0.1, 0.15) is 0 Å². The maximum atomic E-state index is 12.2. The summed E-state index contributed by atoms with van der Waals surface area (Å²) in [6, 6.07) is 10.6. The van der Waals surface area contributed by atoms with Crippen molar-refractivity contribution in [3.63, 3.8) is 0 Å². The van der Waals surface area contributed by atoms with Crippen molar-refractivity contribution in [3.05, 3.63) is 52.4 Å². The standard InChI is InChI=1S/C24H32BrN3O3/c1-17-13-18(2)16-28(15-17)12-4-3-11-26-23(29)14-19-5-7-20(8-6-19)27-24(30)21-9-10-22(25)31-21/h5-10,17-18H,3-4,11-16H2,1-2H3,(H,26,29)(H,27,30). The van der Waals surface area contributed by atoms with E-state index in [0.29, 0.717) is 23.3 Å². The summed E-state index contributed by atoms with van der Waals surface area (Å²) in [5.74, 6) is 1.52. The van der Waals surface area contributed by atoms with Crippen LogP contribution in [-0.4, -0.2) is 42.9 Å². The Bertz CT molecular complexity index is 855. The van der Waals surface area contributed by atoms with Gasteiger partial charge in [0, 0.05) is 25.3 Å². The molecule has 2 unspecified atom stereocenters. The molecule has 1 aromatic heterocycles. The number of nitrogens with one attached hydrogen (secondary N) is 2. The lowest BCUT2D eigenvalue weighted by Crippen LogP contribution is -2.39. The van der Waals surface area contributed by atoms with E-state index in [1.807, 2.05) is 12.1 Å². The highest BCUT2D eigenvalue weighted by Crippen LogP contribution is 2.21. The highest BCUT2D eigenvalue weighted by atomic mass is 79.9. The first-order chi connectivity index (χ1) is 14.9. The summed E-state index contributed by atoms with van der Waals surface area (Å²) in [6.45, 7) is 8.90. The largest absolute Gasteiger partial charge is 0.444 e. The first kappa shape index (κ1) is 23.5. The van der Waals surface area contributed by atoms with E-state index in [0.717, 1.165) is 36.8 Å². The summed E-state index contributed by atoms with van der Waals surface area (Å²) in [5.41, 5.74) is 1.57. The van der Waals surface area contributed by atoms with Crippen LogP contribution in [0.1, 0.15) is 49.2 Å². The van der Waals surface area contributed by atoms with Crippen molar-refractivity contribution in [3.8, 4) is 0 Å². The molecule has 1 saturated heterocycles. The van der Waals surface area contributed by atoms with Crippen LogP contribution in [0.2, 0.25) is 0 Å². The van der Waals surface area contributed by atoms with E-state index in [9.17, 15) is 9.59 Å². The average Bonchev–Trinajstić information content (AvgIpc) is 3.15. The third kappa shape index (κ3) is 7.82. The van der Waals surface area contributed by atoms with Crippen molar-refractivity contribution in [1.82, 2.24) is 10.2 Å². The normalized spacial score (nSPS) is 19.2. The third-order valence-corrected chi connectivity index (χ3v) is 5.97. The predicted molar refractivity (Wildman–Crippen MR) is 126 cm³/mol. The van der Waals surface area contributed by atoms with Crippen molar-refractivity contribution in [2.75, 3.05) is 31.5 Å². The van der Waals surface area contributed by atoms with Gasteiger partial charge in [0.2, 0.25) is 5.91 Å². The number of carbonyl (C=O) groups is 2. The van der Waals surface area contributed by atoms with Gasteiger partial charge in [-0.25, -0.2) is 0 Å². The number of benzene rings is 1. The zero-order valence-corrected chi connectivity index (χ0v) is 19.9. The molecule has 31 heavy (non-hydrogen) atoms. The maximum Gasteiger partial charge on any atom is 0.291 e. The SMILES string of the molecule is CC1CC(C)CN(CCCCNC(=O)Cc2ccc(NC(=O)c3ccc(Br)o3)cc2)C1. The van der Waals surface area contributed by atoms with E-state index in [4.69, 9.17) is 4.42 Å². The molecule has 0 aliphatic carbocycles. The summed E-state index contributed by atoms with van der Waals surface area (Å²) in [4.78, 5) is 26.9. The summed E-state index contributed by atoms with van der Waals surface area (Å²) in [7, 11) is 0. The van der Waals surface area contributed by atoms with Crippen molar-refractivity contribution in [2.24, 2.45) is 11.8 Å². The molecule has 2 amide bonds. The van der Waals surface area contributed by atoms with Crippen LogP contribution in [0.25, 0.3) is 0 Å². The fraction of sp³-hybridized carbons (Fsp3) is 0.500. The van der Waals surface area contributed by atoms with Gasteiger partial charge in [0.15, 0.2) is 10.4 Å². The fourth-order valence-corrected chi connectivity index (χ4v) is 4.55. The molecule has 0 saturated carbocycles. The summed E-state index contributed by atoms with van der Waals surface area (Å²) in [5, 5.41) is 5.79. The van der Waals surface area contributed by atoms with Gasteiger partial charge in [0.25, 0.3) is 5.91 Å². The highest BCUT2D eigenvalue weighted by molar-refractivity contribution is 9.10. The minimum atomic E-state index is -0.315. The van der Waals surface area contributed by atoms with Crippen molar-refractivity contribution in [2.45, 2.75) is 39.5 Å². The number of anilines is 1. The van der Waals surface area contributed by atoms with Crippen LogP contribution < -0.4 is 10.6 Å². The topological polar surface area (TPSA) is 74.6 Å². The van der Waals surface area contributed by atoms with Crippen molar-refractivity contribution >= 4 is 33.4 Å². The van der Waals surface area contributed by atoms with Gasteiger partial charge in [-0.1, -0.05) is 26.0 Å². The summed E-state index contributed by atoms with van der Waals surface area (Å²) in [6.07, 6.45) is 3.78. The summed E-state index contributed by atoms with van der Waals surface area (Å²) >= 11 is 3.18. The van der Waals surface area contributed by atoms with Gasteiger partial charge in [0.05, 0.1) is 6.42 Å². The second-order valence-corrected chi connectivity index (χ2v) is 9.48. The lowest BCUT2D eigenvalue weighted by Gasteiger charge is -2.34. The predicted octanol–water partition coefficient (Wildman–Crippen LogP) is 4.71. The molecule has 1 aliphatic rings. The number of likely N-dealkylation sites (tertiary alicyclic amines) is 1. The molecule has 3 rings (SSSR count). The Balaban J connectivity index is 1.32. The molecule has 6 nitrogen and oxygen atoms in total. The molecule has 1 aliphatic heterocycles.